The second-order valence-electron chi connectivity index (χ2n) is 7.83. The number of nitrogens with zero attached hydrogens (tertiary/aromatic N) is 2. The zero-order valence-electron chi connectivity index (χ0n) is 19.8. The van der Waals surface area contributed by atoms with Crippen molar-refractivity contribution in [3.05, 3.63) is 97.7 Å². The van der Waals surface area contributed by atoms with Crippen molar-refractivity contribution in [2.45, 2.75) is 13.5 Å². The van der Waals surface area contributed by atoms with Crippen molar-refractivity contribution in [1.82, 2.24) is 5.43 Å². The number of carbonyl (C=O) groups is 2. The first-order valence-corrected chi connectivity index (χ1v) is 12.0. The van der Waals surface area contributed by atoms with Crippen molar-refractivity contribution in [2.75, 3.05) is 6.61 Å². The van der Waals surface area contributed by atoms with Crippen LogP contribution in [0, 0.1) is 10.1 Å². The Morgan fingerprint density at radius 3 is 2.53 bits per heavy atom. The molecule has 194 valence electrons. The molecular formula is C26H20BrN3O8. The average molecular weight is 582 g/mol. The predicted octanol–water partition coefficient (Wildman–Crippen LogP) is 5.54. The molecule has 0 aliphatic carbocycles. The molecule has 2 N–H and O–H groups in total. The lowest BCUT2D eigenvalue weighted by molar-refractivity contribution is -0.384. The third-order valence-corrected chi connectivity index (χ3v) is 5.95. The molecule has 0 unspecified atom stereocenters. The fraction of sp³-hybridized carbons (Fsp3) is 0.115. The lowest BCUT2D eigenvalue weighted by Crippen LogP contribution is -2.16. The Balaban J connectivity index is 1.45. The highest BCUT2D eigenvalue weighted by Crippen LogP contribution is 2.34. The first-order chi connectivity index (χ1) is 18.2. The number of nitrogens with one attached hydrogen (secondary N) is 1. The molecule has 0 aliphatic rings. The number of hydrogen-bond acceptors (Lipinski definition) is 8. The third kappa shape index (κ3) is 6.16. The topological polar surface area (TPSA) is 154 Å². The quantitative estimate of drug-likeness (QED) is 0.140. The molecule has 11 nitrogen and oxygen atoms in total. The number of ether oxygens (including phenoxy) is 2. The molecule has 12 heteroatoms. The van der Waals surface area contributed by atoms with Gasteiger partial charge in [-0.15, -0.1) is 0 Å². The molecule has 4 rings (SSSR count). The third-order valence-electron chi connectivity index (χ3n) is 5.26. The summed E-state index contributed by atoms with van der Waals surface area (Å²) >= 11 is 3.46. The smallest absolute Gasteiger partial charge is 0.335 e. The Hall–Kier alpha value is -4.71. The van der Waals surface area contributed by atoms with Crippen molar-refractivity contribution in [2.24, 2.45) is 5.10 Å². The Labute approximate surface area is 223 Å². The van der Waals surface area contributed by atoms with Crippen LogP contribution in [0.25, 0.3) is 11.0 Å². The Morgan fingerprint density at radius 2 is 1.84 bits per heavy atom. The maximum atomic E-state index is 12.5. The van der Waals surface area contributed by atoms with Gasteiger partial charge in [0, 0.05) is 27.6 Å². The molecular weight excluding hydrogens is 562 g/mol. The zero-order chi connectivity index (χ0) is 27.2. The highest BCUT2D eigenvalue weighted by Gasteiger charge is 2.15. The summed E-state index contributed by atoms with van der Waals surface area (Å²) in [5.41, 5.74) is 4.15. The molecule has 4 aromatic rings. The number of benzene rings is 3. The van der Waals surface area contributed by atoms with Crippen LogP contribution in [0.3, 0.4) is 0 Å². The lowest BCUT2D eigenvalue weighted by atomic mass is 10.1. The van der Waals surface area contributed by atoms with E-state index in [4.69, 9.17) is 19.0 Å². The van der Waals surface area contributed by atoms with Gasteiger partial charge in [-0.3, -0.25) is 14.9 Å². The Kier molecular flexibility index (Phi) is 8.02. The normalized spacial score (nSPS) is 11.0. The summed E-state index contributed by atoms with van der Waals surface area (Å²) in [6.07, 6.45) is 1.41. The second kappa shape index (κ2) is 11.6. The molecule has 0 fully saturated rings. The van der Waals surface area contributed by atoms with E-state index in [-0.39, 0.29) is 23.6 Å². The van der Waals surface area contributed by atoms with Gasteiger partial charge in [0.05, 0.1) is 23.3 Å². The number of hydrogen-bond donors (Lipinski definition) is 2. The minimum Gasteiger partial charge on any atom is -0.490 e. The van der Waals surface area contributed by atoms with Crippen LogP contribution in [0.5, 0.6) is 11.5 Å². The number of nitro benzene ring substituents is 1. The number of furan rings is 1. The maximum Gasteiger partial charge on any atom is 0.335 e. The van der Waals surface area contributed by atoms with Crippen LogP contribution in [0.1, 0.15) is 39.0 Å². The van der Waals surface area contributed by atoms with E-state index < -0.39 is 16.8 Å². The number of carbonyl (C=O) groups excluding carboxylic acids is 1. The number of hydrazone groups is 1. The number of carboxylic acids is 1. The number of fused-ring (bicyclic) bond motifs is 1. The summed E-state index contributed by atoms with van der Waals surface area (Å²) in [6, 6.07) is 15.2. The number of rotatable bonds is 10. The maximum absolute atomic E-state index is 12.5. The molecule has 1 amide bonds. The van der Waals surface area contributed by atoms with Crippen LogP contribution in [-0.2, 0) is 6.61 Å². The summed E-state index contributed by atoms with van der Waals surface area (Å²) in [5, 5.41) is 24.4. The van der Waals surface area contributed by atoms with Gasteiger partial charge in [-0.05, 0) is 64.8 Å². The van der Waals surface area contributed by atoms with Crippen molar-refractivity contribution in [3.63, 3.8) is 0 Å². The number of aromatic carboxylic acids is 1. The van der Waals surface area contributed by atoms with Gasteiger partial charge in [-0.25, -0.2) is 10.2 Å². The first kappa shape index (κ1) is 26.4. The van der Waals surface area contributed by atoms with Gasteiger partial charge in [0.15, 0.2) is 17.3 Å². The van der Waals surface area contributed by atoms with Crippen molar-refractivity contribution in [3.8, 4) is 11.5 Å². The van der Waals surface area contributed by atoms with Gasteiger partial charge in [0.1, 0.15) is 12.2 Å². The van der Waals surface area contributed by atoms with E-state index in [0.717, 1.165) is 5.56 Å². The van der Waals surface area contributed by atoms with Crippen molar-refractivity contribution >= 4 is 50.7 Å². The molecule has 0 spiro atoms. The van der Waals surface area contributed by atoms with E-state index in [2.05, 4.69) is 26.5 Å². The zero-order valence-corrected chi connectivity index (χ0v) is 21.4. The molecule has 0 bridgehead atoms. The van der Waals surface area contributed by atoms with E-state index >= 15 is 0 Å². The van der Waals surface area contributed by atoms with Crippen LogP contribution in [0.2, 0.25) is 0 Å². The summed E-state index contributed by atoms with van der Waals surface area (Å²) in [7, 11) is 0. The summed E-state index contributed by atoms with van der Waals surface area (Å²) < 4.78 is 17.7. The molecule has 0 radical (unpaired) electrons. The number of nitro groups is 1. The van der Waals surface area contributed by atoms with E-state index in [9.17, 15) is 19.7 Å². The summed E-state index contributed by atoms with van der Waals surface area (Å²) in [6.45, 7) is 2.39. The van der Waals surface area contributed by atoms with Crippen LogP contribution in [-0.4, -0.2) is 34.7 Å². The highest BCUT2D eigenvalue weighted by atomic mass is 79.9. The highest BCUT2D eigenvalue weighted by molar-refractivity contribution is 9.10. The average Bonchev–Trinajstić information content (AvgIpc) is 3.33. The minimum atomic E-state index is -1.00. The van der Waals surface area contributed by atoms with E-state index in [1.807, 2.05) is 6.92 Å². The van der Waals surface area contributed by atoms with E-state index in [1.54, 1.807) is 24.3 Å². The Bertz CT molecular complexity index is 1550. The lowest BCUT2D eigenvalue weighted by Gasteiger charge is -2.14. The Morgan fingerprint density at radius 1 is 1.11 bits per heavy atom. The van der Waals surface area contributed by atoms with E-state index in [0.29, 0.717) is 39.1 Å². The van der Waals surface area contributed by atoms with Crippen LogP contribution < -0.4 is 14.9 Å². The molecule has 0 saturated carbocycles. The minimum absolute atomic E-state index is 0.0492. The van der Waals surface area contributed by atoms with Crippen LogP contribution in [0.15, 0.2) is 74.7 Å². The monoisotopic (exact) mass is 581 g/mol. The molecule has 1 aromatic heterocycles. The molecule has 3 aromatic carbocycles. The van der Waals surface area contributed by atoms with Crippen LogP contribution in [0.4, 0.5) is 5.69 Å². The van der Waals surface area contributed by atoms with Gasteiger partial charge in [-0.2, -0.15) is 5.10 Å². The second-order valence-corrected chi connectivity index (χ2v) is 8.69. The fourth-order valence-corrected chi connectivity index (χ4v) is 3.83. The number of non-ortho nitro benzene ring substituents is 1. The number of amides is 1. The fourth-order valence-electron chi connectivity index (χ4n) is 3.41. The molecule has 0 saturated heterocycles. The molecule has 1 heterocycles. The molecule has 38 heavy (non-hydrogen) atoms. The van der Waals surface area contributed by atoms with Gasteiger partial charge in [0.25, 0.3) is 5.69 Å². The van der Waals surface area contributed by atoms with Gasteiger partial charge < -0.3 is 19.0 Å². The largest absolute Gasteiger partial charge is 0.490 e. The van der Waals surface area contributed by atoms with Crippen molar-refractivity contribution in [1.29, 1.82) is 0 Å². The first-order valence-electron chi connectivity index (χ1n) is 11.2. The summed E-state index contributed by atoms with van der Waals surface area (Å²) in [5.74, 6) is -0.776. The van der Waals surface area contributed by atoms with Crippen molar-refractivity contribution < 1.29 is 33.5 Å². The number of carboxylic acid groups (broad SMARTS) is 1. The SMILES string of the molecule is CCOc1cc(/C=N/NC(=O)c2cc3cc([N+](=O)[O-])ccc3o2)c(Br)cc1OCc1ccc(C(=O)O)cc1. The summed E-state index contributed by atoms with van der Waals surface area (Å²) in [4.78, 5) is 33.9. The van der Waals surface area contributed by atoms with E-state index in [1.165, 1.54) is 42.6 Å². The molecule has 0 atom stereocenters. The predicted molar refractivity (Wildman–Crippen MR) is 141 cm³/mol. The van der Waals surface area contributed by atoms with Gasteiger partial charge >= 0.3 is 11.9 Å². The van der Waals surface area contributed by atoms with Gasteiger partial charge in [0.2, 0.25) is 0 Å². The molecule has 0 aliphatic heterocycles. The number of halogens is 1. The standard InChI is InChI=1S/C26H20BrN3O8/c1-2-36-22-11-18(20(27)12-23(22)37-14-15-3-5-16(6-4-15)26(32)33)13-28-29-25(31)24-10-17-9-19(30(34)35)7-8-21(17)38-24/h3-13H,2,14H2,1H3,(H,29,31)(H,32,33)/b28-13+. The van der Waals surface area contributed by atoms with Crippen LogP contribution >= 0.6 is 15.9 Å². The van der Waals surface area contributed by atoms with Gasteiger partial charge in [-0.1, -0.05) is 12.1 Å².